The number of rotatable bonds is 1. The van der Waals surface area contributed by atoms with Gasteiger partial charge in [-0.15, -0.1) is 0 Å². The number of fused-ring (bicyclic) bond motifs is 2. The molecule has 0 amide bonds. The lowest BCUT2D eigenvalue weighted by molar-refractivity contribution is -0.135. The smallest absolute Gasteiger partial charge is 0.344 e. The summed E-state index contributed by atoms with van der Waals surface area (Å²) in [5.41, 5.74) is 1.19. The van der Waals surface area contributed by atoms with Crippen molar-refractivity contribution in [1.29, 1.82) is 0 Å². The zero-order chi connectivity index (χ0) is 15.2. The second-order valence-electron chi connectivity index (χ2n) is 5.40. The molecule has 0 spiro atoms. The van der Waals surface area contributed by atoms with Crippen LogP contribution < -0.4 is 9.47 Å². The number of carbonyl (C=O) groups is 2. The summed E-state index contributed by atoms with van der Waals surface area (Å²) in [6.07, 6.45) is 5.00. The van der Waals surface area contributed by atoms with Gasteiger partial charge >= 0.3 is 11.9 Å². The lowest BCUT2D eigenvalue weighted by Crippen LogP contribution is -2.27. The fraction of sp³-hybridized carbons (Fsp3) is 0.250. The molecule has 21 heavy (non-hydrogen) atoms. The van der Waals surface area contributed by atoms with Crippen molar-refractivity contribution < 1.29 is 23.8 Å². The van der Waals surface area contributed by atoms with Crippen LogP contribution in [0.15, 0.2) is 24.3 Å². The number of ether oxygens (including phenoxy) is 3. The van der Waals surface area contributed by atoms with Crippen molar-refractivity contribution in [3.63, 3.8) is 0 Å². The molecule has 0 fully saturated rings. The van der Waals surface area contributed by atoms with Crippen molar-refractivity contribution in [3.8, 4) is 11.5 Å². The number of esters is 2. The average molecular weight is 286 g/mol. The highest BCUT2D eigenvalue weighted by Crippen LogP contribution is 2.42. The maximum atomic E-state index is 11.9. The van der Waals surface area contributed by atoms with Crippen LogP contribution in [0.25, 0.3) is 11.6 Å². The van der Waals surface area contributed by atoms with E-state index in [0.29, 0.717) is 17.1 Å². The third-order valence-electron chi connectivity index (χ3n) is 3.33. The van der Waals surface area contributed by atoms with Crippen molar-refractivity contribution in [3.05, 3.63) is 35.4 Å². The molecule has 0 saturated carbocycles. The Morgan fingerprint density at radius 1 is 1.29 bits per heavy atom. The highest BCUT2D eigenvalue weighted by molar-refractivity contribution is 6.25. The van der Waals surface area contributed by atoms with E-state index in [9.17, 15) is 9.59 Å². The van der Waals surface area contributed by atoms with Crippen LogP contribution >= 0.6 is 0 Å². The summed E-state index contributed by atoms with van der Waals surface area (Å²) in [7, 11) is 1.26. The van der Waals surface area contributed by atoms with E-state index in [1.807, 2.05) is 26.0 Å². The van der Waals surface area contributed by atoms with Crippen LogP contribution in [0.2, 0.25) is 0 Å². The molecule has 0 saturated heterocycles. The van der Waals surface area contributed by atoms with Gasteiger partial charge in [0.1, 0.15) is 17.1 Å². The first-order chi connectivity index (χ1) is 9.89. The molecule has 0 aliphatic carbocycles. The quantitative estimate of drug-likeness (QED) is 0.450. The molecule has 3 rings (SSSR count). The molecule has 5 nitrogen and oxygen atoms in total. The summed E-state index contributed by atoms with van der Waals surface area (Å²) in [4.78, 5) is 23.2. The lowest BCUT2D eigenvalue weighted by Gasteiger charge is -2.28. The number of benzene rings is 1. The molecule has 2 heterocycles. The second-order valence-corrected chi connectivity index (χ2v) is 5.40. The highest BCUT2D eigenvalue weighted by Gasteiger charge is 2.31. The van der Waals surface area contributed by atoms with E-state index in [2.05, 4.69) is 4.74 Å². The Kier molecular flexibility index (Phi) is 2.86. The normalized spacial score (nSPS) is 19.6. The fourth-order valence-corrected chi connectivity index (χ4v) is 2.28. The Balaban J connectivity index is 2.09. The maximum Gasteiger partial charge on any atom is 0.344 e. The summed E-state index contributed by atoms with van der Waals surface area (Å²) in [5, 5.41) is 0. The summed E-state index contributed by atoms with van der Waals surface area (Å²) >= 11 is 0. The first kappa shape index (κ1) is 13.4. The maximum absolute atomic E-state index is 11.9. The van der Waals surface area contributed by atoms with Gasteiger partial charge in [0.25, 0.3) is 0 Å². The Bertz CT molecular complexity index is 710. The van der Waals surface area contributed by atoms with E-state index in [-0.39, 0.29) is 5.57 Å². The molecule has 0 unspecified atom stereocenters. The topological polar surface area (TPSA) is 61.8 Å². The van der Waals surface area contributed by atoms with Crippen molar-refractivity contribution >= 4 is 23.6 Å². The number of methoxy groups -OCH3 is 1. The largest absolute Gasteiger partial charge is 0.483 e. The molecule has 0 atom stereocenters. The summed E-state index contributed by atoms with van der Waals surface area (Å²) in [6.45, 7) is 3.88. The van der Waals surface area contributed by atoms with E-state index in [1.165, 1.54) is 7.11 Å². The minimum atomic E-state index is -0.597. The van der Waals surface area contributed by atoms with Crippen LogP contribution in [0.3, 0.4) is 0 Å². The van der Waals surface area contributed by atoms with Gasteiger partial charge in [-0.1, -0.05) is 6.08 Å². The molecule has 2 aliphatic heterocycles. The molecular weight excluding hydrogens is 272 g/mol. The van der Waals surface area contributed by atoms with Crippen LogP contribution in [0.5, 0.6) is 11.5 Å². The predicted molar refractivity (Wildman–Crippen MR) is 75.8 cm³/mol. The van der Waals surface area contributed by atoms with Gasteiger partial charge in [0.2, 0.25) is 0 Å². The summed E-state index contributed by atoms with van der Waals surface area (Å²) < 4.78 is 15.6. The van der Waals surface area contributed by atoms with Crippen LogP contribution in [-0.2, 0) is 14.3 Å². The molecule has 5 heteroatoms. The van der Waals surface area contributed by atoms with Crippen molar-refractivity contribution in [1.82, 2.24) is 0 Å². The van der Waals surface area contributed by atoms with Gasteiger partial charge in [0.05, 0.1) is 12.7 Å². The lowest BCUT2D eigenvalue weighted by atomic mass is 9.98. The summed E-state index contributed by atoms with van der Waals surface area (Å²) in [6, 6.07) is 3.45. The zero-order valence-electron chi connectivity index (χ0n) is 11.9. The Hall–Kier alpha value is -2.56. The molecule has 1 aromatic rings. The van der Waals surface area contributed by atoms with E-state index in [0.717, 1.165) is 11.6 Å². The Morgan fingerprint density at radius 3 is 2.76 bits per heavy atom. The summed E-state index contributed by atoms with van der Waals surface area (Å²) in [5.74, 6) is -0.130. The molecule has 0 bridgehead atoms. The van der Waals surface area contributed by atoms with Gasteiger partial charge in [0.15, 0.2) is 0 Å². The number of hydrogen-bond donors (Lipinski definition) is 0. The Morgan fingerprint density at radius 2 is 2.05 bits per heavy atom. The highest BCUT2D eigenvalue weighted by atomic mass is 16.5. The predicted octanol–water partition coefficient (Wildman–Crippen LogP) is 2.35. The molecule has 2 aliphatic rings. The van der Waals surface area contributed by atoms with Crippen molar-refractivity contribution in [2.75, 3.05) is 7.11 Å². The van der Waals surface area contributed by atoms with Crippen molar-refractivity contribution in [2.45, 2.75) is 19.4 Å². The van der Waals surface area contributed by atoms with Gasteiger partial charge in [-0.2, -0.15) is 0 Å². The average Bonchev–Trinajstić information content (AvgIpc) is 2.71. The van der Waals surface area contributed by atoms with Gasteiger partial charge in [-0.05, 0) is 26.0 Å². The standard InChI is InChI=1S/C16H14O5/c1-16(2)5-4-9-6-10-11(7-14(17)19-3)15(18)20-13(10)8-12(9)21-16/h4-8H,1-3H3/b11-7+. The van der Waals surface area contributed by atoms with Crippen LogP contribution in [0.1, 0.15) is 25.0 Å². The Labute approximate surface area is 121 Å². The molecule has 0 N–H and O–H groups in total. The monoisotopic (exact) mass is 286 g/mol. The van der Waals surface area contributed by atoms with Gasteiger partial charge in [0, 0.05) is 23.3 Å². The molecule has 0 radical (unpaired) electrons. The van der Waals surface area contributed by atoms with Crippen LogP contribution in [0.4, 0.5) is 0 Å². The first-order valence-electron chi connectivity index (χ1n) is 6.48. The molecular formula is C16H14O5. The number of carbonyl (C=O) groups excluding carboxylic acids is 2. The van der Waals surface area contributed by atoms with Crippen molar-refractivity contribution in [2.24, 2.45) is 0 Å². The number of hydrogen-bond acceptors (Lipinski definition) is 5. The minimum Gasteiger partial charge on any atom is -0.483 e. The van der Waals surface area contributed by atoms with Crippen LogP contribution in [-0.4, -0.2) is 24.6 Å². The van der Waals surface area contributed by atoms with Gasteiger partial charge in [-0.25, -0.2) is 9.59 Å². The second kappa shape index (κ2) is 4.48. The van der Waals surface area contributed by atoms with E-state index in [1.54, 1.807) is 12.1 Å². The molecule has 1 aromatic carbocycles. The molecule has 0 aromatic heterocycles. The molecule has 108 valence electrons. The van der Waals surface area contributed by atoms with E-state index < -0.39 is 17.5 Å². The zero-order valence-corrected chi connectivity index (χ0v) is 11.9. The van der Waals surface area contributed by atoms with Gasteiger partial charge < -0.3 is 14.2 Å². The SMILES string of the molecule is COC(=O)/C=C1/C(=O)Oc2cc3c(cc21)C=CC(C)(C)O3. The fourth-order valence-electron chi connectivity index (χ4n) is 2.28. The van der Waals surface area contributed by atoms with E-state index >= 15 is 0 Å². The first-order valence-corrected chi connectivity index (χ1v) is 6.48. The van der Waals surface area contributed by atoms with Crippen LogP contribution in [0, 0.1) is 0 Å². The minimum absolute atomic E-state index is 0.192. The third-order valence-corrected chi connectivity index (χ3v) is 3.33. The van der Waals surface area contributed by atoms with E-state index in [4.69, 9.17) is 9.47 Å². The van der Waals surface area contributed by atoms with Gasteiger partial charge in [-0.3, -0.25) is 0 Å². The third kappa shape index (κ3) is 2.31.